The zero-order valence-electron chi connectivity index (χ0n) is 10.6. The molecule has 96 valence electrons. The normalized spacial score (nSPS) is 22.6. The first-order valence-electron chi connectivity index (χ1n) is 6.90. The van der Waals surface area contributed by atoms with E-state index in [1.165, 1.54) is 24.0 Å². The molecule has 0 aromatic heterocycles. The zero-order chi connectivity index (χ0) is 12.4. The monoisotopic (exact) mass is 245 g/mol. The third-order valence-corrected chi connectivity index (χ3v) is 3.91. The molecule has 1 unspecified atom stereocenters. The van der Waals surface area contributed by atoms with Crippen molar-refractivity contribution in [3.8, 4) is 5.75 Å². The molecule has 1 fully saturated rings. The van der Waals surface area contributed by atoms with Gasteiger partial charge in [-0.05, 0) is 62.3 Å². The summed E-state index contributed by atoms with van der Waals surface area (Å²) in [6.45, 7) is 0.923. The van der Waals surface area contributed by atoms with Crippen molar-refractivity contribution >= 4 is 5.97 Å². The smallest absolute Gasteiger partial charge is 0.328 e. The molecule has 1 aliphatic heterocycles. The van der Waals surface area contributed by atoms with Gasteiger partial charge < -0.3 is 10.1 Å². The predicted octanol–water partition coefficient (Wildman–Crippen LogP) is 2.22. The summed E-state index contributed by atoms with van der Waals surface area (Å²) in [5.74, 6) is 0.664. The summed E-state index contributed by atoms with van der Waals surface area (Å²) in [7, 11) is 0. The van der Waals surface area contributed by atoms with Gasteiger partial charge in [-0.15, -0.1) is 0 Å². The van der Waals surface area contributed by atoms with Gasteiger partial charge >= 0.3 is 5.97 Å². The maximum absolute atomic E-state index is 12.0. The molecule has 1 heterocycles. The van der Waals surface area contributed by atoms with Crippen molar-refractivity contribution in [2.45, 2.75) is 44.6 Å². The third kappa shape index (κ3) is 2.27. The van der Waals surface area contributed by atoms with E-state index in [9.17, 15) is 4.79 Å². The van der Waals surface area contributed by atoms with Gasteiger partial charge in [-0.25, -0.2) is 4.79 Å². The Morgan fingerprint density at radius 2 is 2.11 bits per heavy atom. The Morgan fingerprint density at radius 1 is 1.22 bits per heavy atom. The zero-order valence-corrected chi connectivity index (χ0v) is 10.6. The maximum Gasteiger partial charge on any atom is 0.328 e. The highest BCUT2D eigenvalue weighted by molar-refractivity contribution is 5.79. The van der Waals surface area contributed by atoms with Gasteiger partial charge in [0.2, 0.25) is 0 Å². The van der Waals surface area contributed by atoms with Gasteiger partial charge in [-0.3, -0.25) is 0 Å². The second-order valence-corrected chi connectivity index (χ2v) is 5.17. The standard InChI is InChI=1S/C15H19NO2/c17-15(13-8-4-10-16-13)18-14-9-3-6-11-5-1-2-7-12(11)14/h3,6,9,13,16H,1-2,4-5,7-8,10H2. The second-order valence-electron chi connectivity index (χ2n) is 5.17. The minimum Gasteiger partial charge on any atom is -0.425 e. The van der Waals surface area contributed by atoms with E-state index in [2.05, 4.69) is 11.4 Å². The molecule has 0 radical (unpaired) electrons. The van der Waals surface area contributed by atoms with Gasteiger partial charge in [0, 0.05) is 0 Å². The molecule has 0 amide bonds. The van der Waals surface area contributed by atoms with Crippen molar-refractivity contribution in [2.75, 3.05) is 6.54 Å². The van der Waals surface area contributed by atoms with Crippen LogP contribution in [0.2, 0.25) is 0 Å². The summed E-state index contributed by atoms with van der Waals surface area (Å²) in [6, 6.07) is 5.97. The Morgan fingerprint density at radius 3 is 2.94 bits per heavy atom. The molecule has 3 rings (SSSR count). The lowest BCUT2D eigenvalue weighted by molar-refractivity contribution is -0.136. The number of carbonyl (C=O) groups is 1. The van der Waals surface area contributed by atoms with Crippen molar-refractivity contribution in [3.05, 3.63) is 29.3 Å². The summed E-state index contributed by atoms with van der Waals surface area (Å²) >= 11 is 0. The number of ether oxygens (including phenoxy) is 1. The van der Waals surface area contributed by atoms with Crippen LogP contribution in [-0.2, 0) is 17.6 Å². The topological polar surface area (TPSA) is 38.3 Å². The molecule has 1 aromatic carbocycles. The number of esters is 1. The van der Waals surface area contributed by atoms with Crippen LogP contribution >= 0.6 is 0 Å². The third-order valence-electron chi connectivity index (χ3n) is 3.91. The predicted molar refractivity (Wildman–Crippen MR) is 69.7 cm³/mol. The Hall–Kier alpha value is -1.35. The van der Waals surface area contributed by atoms with Crippen LogP contribution < -0.4 is 10.1 Å². The highest BCUT2D eigenvalue weighted by Crippen LogP contribution is 2.29. The van der Waals surface area contributed by atoms with Crippen LogP contribution in [0.1, 0.15) is 36.8 Å². The lowest BCUT2D eigenvalue weighted by Gasteiger charge is -2.19. The fourth-order valence-electron chi connectivity index (χ4n) is 2.91. The van der Waals surface area contributed by atoms with Crippen LogP contribution in [0.15, 0.2) is 18.2 Å². The van der Waals surface area contributed by atoms with Crippen molar-refractivity contribution in [3.63, 3.8) is 0 Å². The Balaban J connectivity index is 1.77. The Labute approximate surface area is 108 Å². The first-order chi connectivity index (χ1) is 8.84. The summed E-state index contributed by atoms with van der Waals surface area (Å²) < 4.78 is 5.60. The number of rotatable bonds is 2. The molecule has 0 saturated carbocycles. The lowest BCUT2D eigenvalue weighted by atomic mass is 9.91. The van der Waals surface area contributed by atoms with E-state index < -0.39 is 0 Å². The van der Waals surface area contributed by atoms with Gasteiger partial charge in [0.25, 0.3) is 0 Å². The van der Waals surface area contributed by atoms with Crippen molar-refractivity contribution in [1.29, 1.82) is 0 Å². The molecule has 1 saturated heterocycles. The van der Waals surface area contributed by atoms with Crippen LogP contribution in [0.3, 0.4) is 0 Å². The van der Waals surface area contributed by atoms with Crippen molar-refractivity contribution in [1.82, 2.24) is 5.32 Å². The van der Waals surface area contributed by atoms with Gasteiger partial charge in [-0.1, -0.05) is 12.1 Å². The molecule has 3 nitrogen and oxygen atoms in total. The molecular formula is C15H19NO2. The molecule has 3 heteroatoms. The van der Waals surface area contributed by atoms with E-state index in [0.717, 1.165) is 38.0 Å². The molecule has 18 heavy (non-hydrogen) atoms. The van der Waals surface area contributed by atoms with Gasteiger partial charge in [0.1, 0.15) is 11.8 Å². The highest BCUT2D eigenvalue weighted by atomic mass is 16.5. The number of fused-ring (bicyclic) bond motifs is 1. The van der Waals surface area contributed by atoms with Gasteiger partial charge in [0.05, 0.1) is 0 Å². The summed E-state index contributed by atoms with van der Waals surface area (Å²) in [4.78, 5) is 12.0. The first-order valence-corrected chi connectivity index (χ1v) is 6.90. The van der Waals surface area contributed by atoms with E-state index >= 15 is 0 Å². The van der Waals surface area contributed by atoms with Gasteiger partial charge in [-0.2, -0.15) is 0 Å². The second kappa shape index (κ2) is 5.11. The molecule has 2 aliphatic rings. The van der Waals surface area contributed by atoms with Crippen LogP contribution in [0, 0.1) is 0 Å². The van der Waals surface area contributed by atoms with E-state index in [1.807, 2.05) is 12.1 Å². The van der Waals surface area contributed by atoms with E-state index in [4.69, 9.17) is 4.74 Å². The highest BCUT2D eigenvalue weighted by Gasteiger charge is 2.25. The SMILES string of the molecule is O=C(Oc1cccc2c1CCCC2)C1CCCN1. The maximum atomic E-state index is 12.0. The fourth-order valence-corrected chi connectivity index (χ4v) is 2.91. The molecule has 1 aliphatic carbocycles. The minimum absolute atomic E-state index is 0.107. The summed E-state index contributed by atoms with van der Waals surface area (Å²) in [6.07, 6.45) is 6.55. The largest absolute Gasteiger partial charge is 0.425 e. The number of hydrogen-bond donors (Lipinski definition) is 1. The summed E-state index contributed by atoms with van der Waals surface area (Å²) in [5, 5.41) is 3.18. The molecule has 0 bridgehead atoms. The van der Waals surface area contributed by atoms with Crippen molar-refractivity contribution in [2.24, 2.45) is 0 Å². The number of hydrogen-bond acceptors (Lipinski definition) is 3. The molecule has 1 aromatic rings. The molecule has 1 N–H and O–H groups in total. The fraction of sp³-hybridized carbons (Fsp3) is 0.533. The number of carbonyl (C=O) groups excluding carboxylic acids is 1. The number of aryl methyl sites for hydroxylation is 1. The van der Waals surface area contributed by atoms with Crippen LogP contribution in [0.25, 0.3) is 0 Å². The average Bonchev–Trinajstić information content (AvgIpc) is 2.93. The van der Waals surface area contributed by atoms with Crippen molar-refractivity contribution < 1.29 is 9.53 Å². The van der Waals surface area contributed by atoms with Crippen LogP contribution in [0.4, 0.5) is 0 Å². The average molecular weight is 245 g/mol. The van der Waals surface area contributed by atoms with E-state index in [0.29, 0.717) is 0 Å². The van der Waals surface area contributed by atoms with E-state index in [-0.39, 0.29) is 12.0 Å². The van der Waals surface area contributed by atoms with Crippen LogP contribution in [-0.4, -0.2) is 18.6 Å². The Kier molecular flexibility index (Phi) is 3.33. The quantitative estimate of drug-likeness (QED) is 0.641. The lowest BCUT2D eigenvalue weighted by Crippen LogP contribution is -2.34. The van der Waals surface area contributed by atoms with Gasteiger partial charge in [0.15, 0.2) is 0 Å². The Bertz CT molecular complexity index is 450. The first kappa shape index (κ1) is 11.7. The summed E-state index contributed by atoms with van der Waals surface area (Å²) in [5.41, 5.74) is 2.60. The molecule has 0 spiro atoms. The number of benzene rings is 1. The van der Waals surface area contributed by atoms with Crippen LogP contribution in [0.5, 0.6) is 5.75 Å². The minimum atomic E-state index is -0.119. The molecule has 1 atom stereocenters. The molecular weight excluding hydrogens is 226 g/mol. The number of nitrogens with one attached hydrogen (secondary N) is 1. The van der Waals surface area contributed by atoms with E-state index in [1.54, 1.807) is 0 Å².